The summed E-state index contributed by atoms with van der Waals surface area (Å²) in [4.78, 5) is 18.4. The average molecular weight is 355 g/mol. The molecule has 26 heavy (non-hydrogen) atoms. The van der Waals surface area contributed by atoms with Crippen LogP contribution < -0.4 is 10.1 Å². The summed E-state index contributed by atoms with van der Waals surface area (Å²) in [6.07, 6.45) is 4.45. The first-order valence-electron chi connectivity index (χ1n) is 8.89. The molecule has 1 aromatic heterocycles. The van der Waals surface area contributed by atoms with Crippen LogP contribution >= 0.6 is 0 Å². The van der Waals surface area contributed by atoms with Crippen molar-refractivity contribution >= 4 is 6.03 Å². The number of benzene rings is 1. The molecule has 2 aromatic rings. The van der Waals surface area contributed by atoms with Gasteiger partial charge >= 0.3 is 6.03 Å². The third kappa shape index (κ3) is 4.95. The number of aromatic nitrogens is 1. The van der Waals surface area contributed by atoms with Crippen LogP contribution in [-0.4, -0.2) is 55.9 Å². The standard InChI is InChI=1S/C20H25N3O3/c1-25-19-6-4-17(5-7-19)18(13-16-3-2-8-21-14-16)15-22-20(24)23-9-11-26-12-10-23/h2-8,14,18H,9-13,15H2,1H3,(H,22,24). The Morgan fingerprint density at radius 2 is 2.04 bits per heavy atom. The lowest BCUT2D eigenvalue weighted by molar-refractivity contribution is 0.0531. The number of carbonyl (C=O) groups excluding carboxylic acids is 1. The van der Waals surface area contributed by atoms with E-state index in [9.17, 15) is 4.79 Å². The fourth-order valence-electron chi connectivity index (χ4n) is 3.08. The number of nitrogens with one attached hydrogen (secondary N) is 1. The molecule has 1 aliphatic rings. The van der Waals surface area contributed by atoms with Crippen molar-refractivity contribution in [2.45, 2.75) is 12.3 Å². The Kier molecular flexibility index (Phi) is 6.44. The second kappa shape index (κ2) is 9.20. The van der Waals surface area contributed by atoms with Crippen LogP contribution in [0.3, 0.4) is 0 Å². The third-order valence-corrected chi connectivity index (χ3v) is 4.59. The van der Waals surface area contributed by atoms with Crippen molar-refractivity contribution in [2.24, 2.45) is 0 Å². The second-order valence-corrected chi connectivity index (χ2v) is 6.32. The van der Waals surface area contributed by atoms with Gasteiger partial charge in [0.05, 0.1) is 20.3 Å². The largest absolute Gasteiger partial charge is 0.497 e. The number of rotatable bonds is 6. The highest BCUT2D eigenvalue weighted by atomic mass is 16.5. The van der Waals surface area contributed by atoms with Gasteiger partial charge in [0.15, 0.2) is 0 Å². The zero-order chi connectivity index (χ0) is 18.2. The summed E-state index contributed by atoms with van der Waals surface area (Å²) < 4.78 is 10.6. The van der Waals surface area contributed by atoms with Crippen LogP contribution in [0.15, 0.2) is 48.8 Å². The van der Waals surface area contributed by atoms with Gasteiger partial charge in [-0.05, 0) is 35.7 Å². The van der Waals surface area contributed by atoms with E-state index in [-0.39, 0.29) is 11.9 Å². The smallest absolute Gasteiger partial charge is 0.317 e. The first-order chi connectivity index (χ1) is 12.8. The topological polar surface area (TPSA) is 63.7 Å². The zero-order valence-electron chi connectivity index (χ0n) is 15.1. The number of urea groups is 1. The molecule has 3 rings (SSSR count). The van der Waals surface area contributed by atoms with Gasteiger partial charge < -0.3 is 19.7 Å². The van der Waals surface area contributed by atoms with Crippen LogP contribution in [0.5, 0.6) is 5.75 Å². The Labute approximate surface area is 154 Å². The number of nitrogens with zero attached hydrogens (tertiary/aromatic N) is 2. The van der Waals surface area contributed by atoms with Crippen molar-refractivity contribution in [3.63, 3.8) is 0 Å². The van der Waals surface area contributed by atoms with Gasteiger partial charge in [-0.3, -0.25) is 4.98 Å². The lowest BCUT2D eigenvalue weighted by Gasteiger charge is -2.28. The molecule has 1 unspecified atom stereocenters. The minimum atomic E-state index is -0.0296. The summed E-state index contributed by atoms with van der Waals surface area (Å²) in [7, 11) is 1.66. The molecule has 6 heteroatoms. The maximum Gasteiger partial charge on any atom is 0.317 e. The Balaban J connectivity index is 1.68. The van der Waals surface area contributed by atoms with Crippen molar-refractivity contribution in [3.05, 3.63) is 59.9 Å². The number of hydrogen-bond donors (Lipinski definition) is 1. The van der Waals surface area contributed by atoms with E-state index in [1.165, 1.54) is 0 Å². The second-order valence-electron chi connectivity index (χ2n) is 6.32. The molecule has 1 fully saturated rings. The number of methoxy groups -OCH3 is 1. The molecule has 0 radical (unpaired) electrons. The Hall–Kier alpha value is -2.60. The first-order valence-corrected chi connectivity index (χ1v) is 8.89. The molecule has 0 aliphatic carbocycles. The van der Waals surface area contributed by atoms with Gasteiger partial charge in [0.2, 0.25) is 0 Å². The lowest BCUT2D eigenvalue weighted by atomic mass is 9.92. The Morgan fingerprint density at radius 3 is 2.69 bits per heavy atom. The van der Waals surface area contributed by atoms with E-state index in [1.807, 2.05) is 24.4 Å². The van der Waals surface area contributed by atoms with Crippen molar-refractivity contribution in [1.82, 2.24) is 15.2 Å². The first kappa shape index (κ1) is 18.2. The minimum absolute atomic E-state index is 0.0296. The van der Waals surface area contributed by atoms with Gasteiger partial charge in [0.25, 0.3) is 0 Å². The number of ether oxygens (including phenoxy) is 2. The van der Waals surface area contributed by atoms with E-state index >= 15 is 0 Å². The Bertz CT molecular complexity index is 685. The summed E-state index contributed by atoms with van der Waals surface area (Å²) in [5.41, 5.74) is 2.31. The highest BCUT2D eigenvalue weighted by Crippen LogP contribution is 2.23. The van der Waals surface area contributed by atoms with Gasteiger partial charge in [-0.1, -0.05) is 18.2 Å². The minimum Gasteiger partial charge on any atom is -0.497 e. The summed E-state index contributed by atoms with van der Waals surface area (Å²) in [6, 6.07) is 12.0. The van der Waals surface area contributed by atoms with Crippen LogP contribution in [0.25, 0.3) is 0 Å². The molecule has 0 spiro atoms. The fourth-order valence-corrected chi connectivity index (χ4v) is 3.08. The summed E-state index contributed by atoms with van der Waals surface area (Å²) >= 11 is 0. The molecule has 2 heterocycles. The molecule has 2 amide bonds. The van der Waals surface area contributed by atoms with Crippen molar-refractivity contribution in [3.8, 4) is 5.75 Å². The maximum absolute atomic E-state index is 12.4. The molecule has 1 N–H and O–H groups in total. The monoisotopic (exact) mass is 355 g/mol. The van der Waals surface area contributed by atoms with E-state index in [0.29, 0.717) is 32.8 Å². The van der Waals surface area contributed by atoms with Crippen molar-refractivity contribution in [1.29, 1.82) is 0 Å². The fraction of sp³-hybridized carbons (Fsp3) is 0.400. The molecule has 1 saturated heterocycles. The lowest BCUT2D eigenvalue weighted by Crippen LogP contribution is -2.47. The summed E-state index contributed by atoms with van der Waals surface area (Å²) in [6.45, 7) is 3.05. The predicted octanol–water partition coefficient (Wildman–Crippen LogP) is 2.46. The van der Waals surface area contributed by atoms with Gasteiger partial charge in [0.1, 0.15) is 5.75 Å². The highest BCUT2D eigenvalue weighted by molar-refractivity contribution is 5.74. The molecule has 138 valence electrons. The van der Waals surface area contributed by atoms with Gasteiger partial charge in [-0.15, -0.1) is 0 Å². The number of hydrogen-bond acceptors (Lipinski definition) is 4. The van der Waals surface area contributed by atoms with Crippen molar-refractivity contribution < 1.29 is 14.3 Å². The number of pyridine rings is 1. The quantitative estimate of drug-likeness (QED) is 0.865. The molecule has 1 atom stereocenters. The van der Waals surface area contributed by atoms with E-state index < -0.39 is 0 Å². The van der Waals surface area contributed by atoms with Crippen LogP contribution in [0.2, 0.25) is 0 Å². The van der Waals surface area contributed by atoms with Crippen molar-refractivity contribution in [2.75, 3.05) is 40.0 Å². The third-order valence-electron chi connectivity index (χ3n) is 4.59. The maximum atomic E-state index is 12.4. The molecule has 1 aromatic carbocycles. The van der Waals surface area contributed by atoms with E-state index in [4.69, 9.17) is 9.47 Å². The van der Waals surface area contributed by atoms with Crippen LogP contribution in [0, 0.1) is 0 Å². The van der Waals surface area contributed by atoms with Crippen LogP contribution in [0.4, 0.5) is 4.79 Å². The van der Waals surface area contributed by atoms with Gasteiger partial charge in [-0.2, -0.15) is 0 Å². The van der Waals surface area contributed by atoms with E-state index in [0.717, 1.165) is 23.3 Å². The predicted molar refractivity (Wildman–Crippen MR) is 99.5 cm³/mol. The number of carbonyl (C=O) groups is 1. The van der Waals surface area contributed by atoms with E-state index in [1.54, 1.807) is 18.2 Å². The zero-order valence-corrected chi connectivity index (χ0v) is 15.1. The normalized spacial score (nSPS) is 15.3. The SMILES string of the molecule is COc1ccc(C(CNC(=O)N2CCOCC2)Cc2cccnc2)cc1. The number of amides is 2. The average Bonchev–Trinajstić information content (AvgIpc) is 2.72. The molecular weight excluding hydrogens is 330 g/mol. The summed E-state index contributed by atoms with van der Waals surface area (Å²) in [5.74, 6) is 0.987. The molecular formula is C20H25N3O3. The highest BCUT2D eigenvalue weighted by Gasteiger charge is 2.19. The molecule has 6 nitrogen and oxygen atoms in total. The Morgan fingerprint density at radius 1 is 1.27 bits per heavy atom. The van der Waals surface area contributed by atoms with Crippen LogP contribution in [-0.2, 0) is 11.2 Å². The molecule has 0 saturated carbocycles. The molecule has 1 aliphatic heterocycles. The summed E-state index contributed by atoms with van der Waals surface area (Å²) in [5, 5.41) is 3.08. The van der Waals surface area contributed by atoms with Gasteiger partial charge in [0, 0.05) is 37.9 Å². The van der Waals surface area contributed by atoms with E-state index in [2.05, 4.69) is 28.5 Å². The van der Waals surface area contributed by atoms with Crippen LogP contribution in [0.1, 0.15) is 17.0 Å². The molecule has 0 bridgehead atoms. The van der Waals surface area contributed by atoms with Gasteiger partial charge in [-0.25, -0.2) is 4.79 Å². The number of morpholine rings is 1.